The van der Waals surface area contributed by atoms with Crippen molar-refractivity contribution >= 4 is 15.9 Å². The van der Waals surface area contributed by atoms with E-state index in [0.29, 0.717) is 19.6 Å². The molecule has 2 rings (SSSR count). The molecule has 7 nitrogen and oxygen atoms in total. The van der Waals surface area contributed by atoms with E-state index in [4.69, 9.17) is 9.52 Å². The molecule has 1 amide bonds. The molecule has 1 fully saturated rings. The molecule has 1 aliphatic rings. The van der Waals surface area contributed by atoms with E-state index in [1.807, 2.05) is 0 Å². The van der Waals surface area contributed by atoms with Crippen LogP contribution in [-0.4, -0.2) is 61.4 Å². The molecule has 1 aliphatic heterocycles. The largest absolute Gasteiger partial charge is 0.455 e. The van der Waals surface area contributed by atoms with Crippen LogP contribution in [0.25, 0.3) is 0 Å². The number of furan rings is 1. The number of amides is 1. The Hall–Kier alpha value is -1.38. The Kier molecular flexibility index (Phi) is 5.25. The fraction of sp³-hybridized carbons (Fsp3) is 0.643. The van der Waals surface area contributed by atoms with E-state index in [1.54, 1.807) is 13.8 Å². The van der Waals surface area contributed by atoms with Crippen molar-refractivity contribution in [1.82, 2.24) is 9.21 Å². The van der Waals surface area contributed by atoms with Gasteiger partial charge in [0.05, 0.1) is 6.61 Å². The summed E-state index contributed by atoms with van der Waals surface area (Å²) in [5.74, 6) is -0.205. The van der Waals surface area contributed by atoms with Gasteiger partial charge in [0.15, 0.2) is 5.76 Å². The highest BCUT2D eigenvalue weighted by Crippen LogP contribution is 2.26. The van der Waals surface area contributed by atoms with Crippen LogP contribution in [0.5, 0.6) is 0 Å². The van der Waals surface area contributed by atoms with Gasteiger partial charge in [0.25, 0.3) is 5.91 Å². The quantitative estimate of drug-likeness (QED) is 0.834. The van der Waals surface area contributed by atoms with Crippen molar-refractivity contribution in [3.63, 3.8) is 0 Å². The van der Waals surface area contributed by atoms with Gasteiger partial charge in [0.1, 0.15) is 10.7 Å². The van der Waals surface area contributed by atoms with E-state index in [0.717, 1.165) is 12.8 Å². The summed E-state index contributed by atoms with van der Waals surface area (Å²) in [6, 6.07) is 1.30. The summed E-state index contributed by atoms with van der Waals surface area (Å²) < 4.78 is 31.9. The van der Waals surface area contributed by atoms with Gasteiger partial charge < -0.3 is 14.4 Å². The van der Waals surface area contributed by atoms with Gasteiger partial charge in [0.2, 0.25) is 10.0 Å². The summed E-state index contributed by atoms with van der Waals surface area (Å²) in [5.41, 5.74) is 0. The molecular weight excluding hydrogens is 308 g/mol. The van der Waals surface area contributed by atoms with Crippen molar-refractivity contribution in [2.75, 3.05) is 32.8 Å². The highest BCUT2D eigenvalue weighted by Gasteiger charge is 2.32. The van der Waals surface area contributed by atoms with Crippen LogP contribution in [0.2, 0.25) is 0 Å². The van der Waals surface area contributed by atoms with E-state index in [2.05, 4.69) is 0 Å². The van der Waals surface area contributed by atoms with Gasteiger partial charge in [-0.1, -0.05) is 0 Å². The van der Waals surface area contributed by atoms with E-state index < -0.39 is 15.9 Å². The average molecular weight is 330 g/mol. The lowest BCUT2D eigenvalue weighted by Gasteiger charge is -2.17. The van der Waals surface area contributed by atoms with Crippen LogP contribution in [0, 0.1) is 6.92 Å². The van der Waals surface area contributed by atoms with Gasteiger partial charge in [-0.2, -0.15) is 4.31 Å². The Balaban J connectivity index is 2.29. The molecule has 0 unspecified atom stereocenters. The zero-order valence-electron chi connectivity index (χ0n) is 12.9. The van der Waals surface area contributed by atoms with Crippen molar-refractivity contribution in [3.05, 3.63) is 17.6 Å². The van der Waals surface area contributed by atoms with Crippen molar-refractivity contribution in [2.45, 2.75) is 31.6 Å². The molecule has 0 bridgehead atoms. The highest BCUT2D eigenvalue weighted by molar-refractivity contribution is 7.89. The normalized spacial score (nSPS) is 16.1. The van der Waals surface area contributed by atoms with Crippen LogP contribution in [0.3, 0.4) is 0 Å². The zero-order chi connectivity index (χ0) is 16.3. The topological polar surface area (TPSA) is 91.1 Å². The number of carbonyl (C=O) groups is 1. The Labute approximate surface area is 130 Å². The summed E-state index contributed by atoms with van der Waals surface area (Å²) in [4.78, 5) is 13.8. The van der Waals surface area contributed by atoms with Crippen molar-refractivity contribution in [1.29, 1.82) is 0 Å². The minimum absolute atomic E-state index is 0.00873. The number of sulfonamides is 1. The lowest BCUT2D eigenvalue weighted by molar-refractivity contribution is 0.0699. The number of rotatable bonds is 6. The Morgan fingerprint density at radius 1 is 1.41 bits per heavy atom. The standard InChI is InChI=1S/C14H22N2O5S/c1-3-15(8-9-17)14(18)12-10-13(11(2)21-12)22(19,20)16-6-4-5-7-16/h10,17H,3-9H2,1-2H3. The molecule has 0 aliphatic carbocycles. The maximum Gasteiger partial charge on any atom is 0.289 e. The van der Waals surface area contributed by atoms with E-state index in [9.17, 15) is 13.2 Å². The summed E-state index contributed by atoms with van der Waals surface area (Å²) >= 11 is 0. The van der Waals surface area contributed by atoms with Crippen LogP contribution >= 0.6 is 0 Å². The minimum Gasteiger partial charge on any atom is -0.455 e. The zero-order valence-corrected chi connectivity index (χ0v) is 13.7. The fourth-order valence-electron chi connectivity index (χ4n) is 2.57. The second-order valence-corrected chi connectivity index (χ2v) is 7.16. The van der Waals surface area contributed by atoms with Crippen LogP contribution in [-0.2, 0) is 10.0 Å². The molecule has 1 aromatic heterocycles. The number of aliphatic hydroxyl groups is 1. The molecule has 1 saturated heterocycles. The minimum atomic E-state index is -3.61. The first kappa shape index (κ1) is 17.0. The Bertz CT molecular complexity index is 632. The third-order valence-electron chi connectivity index (χ3n) is 3.80. The van der Waals surface area contributed by atoms with E-state index in [-0.39, 0.29) is 29.6 Å². The molecule has 0 spiro atoms. The number of aliphatic hydroxyl groups excluding tert-OH is 1. The summed E-state index contributed by atoms with van der Waals surface area (Å²) in [6.07, 6.45) is 1.70. The molecule has 2 heterocycles. The molecule has 22 heavy (non-hydrogen) atoms. The van der Waals surface area contributed by atoms with Crippen LogP contribution in [0.1, 0.15) is 36.1 Å². The van der Waals surface area contributed by atoms with Gasteiger partial charge in [-0.25, -0.2) is 8.42 Å². The molecule has 8 heteroatoms. The second-order valence-electron chi connectivity index (χ2n) is 5.25. The number of aryl methyl sites for hydroxylation is 1. The van der Waals surface area contributed by atoms with Crippen LogP contribution in [0.15, 0.2) is 15.4 Å². The fourth-order valence-corrected chi connectivity index (χ4v) is 4.25. The number of hydrogen-bond donors (Lipinski definition) is 1. The highest BCUT2D eigenvalue weighted by atomic mass is 32.2. The third kappa shape index (κ3) is 3.18. The number of likely N-dealkylation sites (N-methyl/N-ethyl adjacent to an activating group) is 1. The van der Waals surface area contributed by atoms with Gasteiger partial charge in [0, 0.05) is 32.2 Å². The second kappa shape index (κ2) is 6.80. The monoisotopic (exact) mass is 330 g/mol. The van der Waals surface area contributed by atoms with Crippen LogP contribution < -0.4 is 0 Å². The molecule has 1 aromatic rings. The first-order valence-corrected chi connectivity index (χ1v) is 8.86. The average Bonchev–Trinajstić information content (AvgIpc) is 3.13. The summed E-state index contributed by atoms with van der Waals surface area (Å²) in [5, 5.41) is 8.97. The Morgan fingerprint density at radius 3 is 2.59 bits per heavy atom. The predicted octanol–water partition coefficient (Wildman–Crippen LogP) is 0.827. The van der Waals surface area contributed by atoms with Gasteiger partial charge >= 0.3 is 0 Å². The summed E-state index contributed by atoms with van der Waals surface area (Å²) in [7, 11) is -3.61. The third-order valence-corrected chi connectivity index (χ3v) is 5.81. The molecule has 0 saturated carbocycles. The number of carbonyl (C=O) groups excluding carboxylic acids is 1. The molecule has 1 N–H and O–H groups in total. The molecule has 124 valence electrons. The molecule has 0 atom stereocenters. The van der Waals surface area contributed by atoms with Crippen molar-refractivity contribution in [3.8, 4) is 0 Å². The predicted molar refractivity (Wildman–Crippen MR) is 80.1 cm³/mol. The van der Waals surface area contributed by atoms with Gasteiger partial charge in [-0.15, -0.1) is 0 Å². The first-order valence-electron chi connectivity index (χ1n) is 7.42. The molecule has 0 aromatic carbocycles. The van der Waals surface area contributed by atoms with Crippen molar-refractivity contribution in [2.24, 2.45) is 0 Å². The molecule has 0 radical (unpaired) electrons. The van der Waals surface area contributed by atoms with E-state index >= 15 is 0 Å². The SMILES string of the molecule is CCN(CCO)C(=O)c1cc(S(=O)(=O)N2CCCC2)c(C)o1. The smallest absolute Gasteiger partial charge is 0.289 e. The van der Waals surface area contributed by atoms with E-state index in [1.165, 1.54) is 15.3 Å². The number of hydrogen-bond acceptors (Lipinski definition) is 5. The lowest BCUT2D eigenvalue weighted by atomic mass is 10.3. The molecular formula is C14H22N2O5S. The van der Waals surface area contributed by atoms with Crippen LogP contribution in [0.4, 0.5) is 0 Å². The first-order chi connectivity index (χ1) is 10.4. The Morgan fingerprint density at radius 2 is 2.05 bits per heavy atom. The summed E-state index contributed by atoms with van der Waals surface area (Å²) in [6.45, 7) is 4.77. The lowest BCUT2D eigenvalue weighted by Crippen LogP contribution is -2.33. The van der Waals surface area contributed by atoms with Crippen molar-refractivity contribution < 1.29 is 22.7 Å². The maximum atomic E-state index is 12.6. The maximum absolute atomic E-state index is 12.6. The number of nitrogens with zero attached hydrogens (tertiary/aromatic N) is 2. The van der Waals surface area contributed by atoms with Gasteiger partial charge in [-0.05, 0) is 26.7 Å². The van der Waals surface area contributed by atoms with Gasteiger partial charge in [-0.3, -0.25) is 4.79 Å².